The van der Waals surface area contributed by atoms with Crippen molar-refractivity contribution in [3.63, 3.8) is 0 Å². The fourth-order valence-corrected chi connectivity index (χ4v) is 2.82. The third-order valence-corrected chi connectivity index (χ3v) is 3.99. The Morgan fingerprint density at radius 1 is 1.04 bits per heavy atom. The van der Waals surface area contributed by atoms with Crippen LogP contribution in [0.2, 0.25) is 0 Å². The summed E-state index contributed by atoms with van der Waals surface area (Å²) in [7, 11) is 0. The van der Waals surface area contributed by atoms with Crippen LogP contribution in [0.1, 0.15) is 17.1 Å². The highest BCUT2D eigenvalue weighted by Gasteiger charge is 2.25. The molecule has 1 aliphatic rings. The first-order chi connectivity index (χ1) is 12.3. The molecule has 4 rings (SSSR count). The van der Waals surface area contributed by atoms with Crippen LogP contribution in [0.3, 0.4) is 0 Å². The van der Waals surface area contributed by atoms with E-state index in [4.69, 9.17) is 0 Å². The predicted molar refractivity (Wildman–Crippen MR) is 91.7 cm³/mol. The van der Waals surface area contributed by atoms with Crippen LogP contribution >= 0.6 is 0 Å². The minimum Gasteiger partial charge on any atom is -0.347 e. The summed E-state index contributed by atoms with van der Waals surface area (Å²) >= 11 is 0. The number of nitriles is 1. The Hall–Kier alpha value is -3.53. The predicted octanol–water partition coefficient (Wildman–Crippen LogP) is 2.34. The summed E-state index contributed by atoms with van der Waals surface area (Å²) in [6.07, 6.45) is 5.60. The third-order valence-electron chi connectivity index (χ3n) is 3.99. The van der Waals surface area contributed by atoms with Crippen molar-refractivity contribution in [1.82, 2.24) is 24.8 Å². The molecule has 3 aromatic rings. The number of benzene rings is 1. The van der Waals surface area contributed by atoms with Crippen molar-refractivity contribution in [1.29, 1.82) is 5.26 Å². The second-order valence-corrected chi connectivity index (χ2v) is 5.66. The van der Waals surface area contributed by atoms with Gasteiger partial charge in [0, 0.05) is 23.5 Å². The minimum absolute atomic E-state index is 0.440. The van der Waals surface area contributed by atoms with E-state index in [2.05, 4.69) is 31.4 Å². The molecule has 0 unspecified atom stereocenters. The van der Waals surface area contributed by atoms with E-state index in [0.29, 0.717) is 31.4 Å². The summed E-state index contributed by atoms with van der Waals surface area (Å²) in [5, 5.41) is 12.4. The van der Waals surface area contributed by atoms with Crippen LogP contribution in [0.25, 0.3) is 11.3 Å². The maximum atomic E-state index is 9.22. The average molecular weight is 329 g/mol. The lowest BCUT2D eigenvalue weighted by Gasteiger charge is -2.10. The highest BCUT2D eigenvalue weighted by atomic mass is 15.2. The van der Waals surface area contributed by atoms with Crippen molar-refractivity contribution in [3.05, 3.63) is 65.9 Å². The second kappa shape index (κ2) is 6.53. The molecule has 0 aliphatic carbocycles. The molecule has 0 radical (unpaired) electrons. The lowest BCUT2D eigenvalue weighted by molar-refractivity contribution is 0.415. The van der Waals surface area contributed by atoms with E-state index in [-0.39, 0.29) is 0 Å². The lowest BCUT2D eigenvalue weighted by Crippen LogP contribution is -2.09. The molecule has 0 atom stereocenters. The van der Waals surface area contributed by atoms with E-state index in [1.54, 1.807) is 23.4 Å². The highest BCUT2D eigenvalue weighted by Crippen LogP contribution is 2.31. The summed E-state index contributed by atoms with van der Waals surface area (Å²) < 4.78 is 0. The quantitative estimate of drug-likeness (QED) is 0.735. The van der Waals surface area contributed by atoms with Gasteiger partial charge in [0.15, 0.2) is 6.19 Å². The Morgan fingerprint density at radius 2 is 1.84 bits per heavy atom. The molecule has 1 N–H and O–H groups in total. The SMILES string of the molecule is N#CN1Cc2nc(NCc3ncccn3)nc(-c3ccccc3)c2C1. The van der Waals surface area contributed by atoms with Crippen molar-refractivity contribution in [2.45, 2.75) is 19.6 Å². The Kier molecular flexibility index (Phi) is 3.92. The molecular formula is C18H15N7. The minimum atomic E-state index is 0.440. The van der Waals surface area contributed by atoms with Gasteiger partial charge in [-0.25, -0.2) is 19.9 Å². The number of nitrogens with zero attached hydrogens (tertiary/aromatic N) is 6. The van der Waals surface area contributed by atoms with Gasteiger partial charge in [0.05, 0.1) is 31.0 Å². The largest absolute Gasteiger partial charge is 0.347 e. The molecule has 0 spiro atoms. The topological polar surface area (TPSA) is 90.6 Å². The fourth-order valence-electron chi connectivity index (χ4n) is 2.82. The number of hydrogen-bond acceptors (Lipinski definition) is 7. The molecule has 0 saturated carbocycles. The fraction of sp³-hybridized carbons (Fsp3) is 0.167. The molecule has 25 heavy (non-hydrogen) atoms. The zero-order valence-corrected chi connectivity index (χ0v) is 13.4. The standard InChI is InChI=1S/C18H15N7/c19-12-25-10-14-15(11-25)23-18(22-9-16-20-7-4-8-21-16)24-17(14)13-5-2-1-3-6-13/h1-8H,9-11H2,(H,22,23,24). The molecule has 7 heteroatoms. The van der Waals surface area contributed by atoms with E-state index in [1.807, 2.05) is 30.3 Å². The number of hydrogen-bond donors (Lipinski definition) is 1. The molecule has 2 aromatic heterocycles. The molecule has 7 nitrogen and oxygen atoms in total. The zero-order chi connectivity index (χ0) is 17.1. The van der Waals surface area contributed by atoms with Crippen LogP contribution < -0.4 is 5.32 Å². The molecular weight excluding hydrogens is 314 g/mol. The molecule has 0 bridgehead atoms. The number of aromatic nitrogens is 4. The van der Waals surface area contributed by atoms with Gasteiger partial charge in [-0.1, -0.05) is 30.3 Å². The van der Waals surface area contributed by atoms with Crippen molar-refractivity contribution < 1.29 is 0 Å². The van der Waals surface area contributed by atoms with Gasteiger partial charge < -0.3 is 10.2 Å². The molecule has 1 aliphatic heterocycles. The first-order valence-electron chi connectivity index (χ1n) is 7.93. The summed E-state index contributed by atoms with van der Waals surface area (Å²) in [6.45, 7) is 1.48. The van der Waals surface area contributed by atoms with Gasteiger partial charge in [-0.2, -0.15) is 5.26 Å². The zero-order valence-electron chi connectivity index (χ0n) is 13.4. The van der Waals surface area contributed by atoms with Crippen molar-refractivity contribution >= 4 is 5.95 Å². The van der Waals surface area contributed by atoms with Gasteiger partial charge in [0.25, 0.3) is 0 Å². The van der Waals surface area contributed by atoms with Crippen molar-refractivity contribution in [2.75, 3.05) is 5.32 Å². The Bertz CT molecular complexity index is 919. The van der Waals surface area contributed by atoms with Gasteiger partial charge in [-0.05, 0) is 6.07 Å². The third kappa shape index (κ3) is 3.10. The summed E-state index contributed by atoms with van der Waals surface area (Å²) in [4.78, 5) is 19.3. The average Bonchev–Trinajstić information content (AvgIpc) is 3.10. The maximum absolute atomic E-state index is 9.22. The van der Waals surface area contributed by atoms with Gasteiger partial charge >= 0.3 is 0 Å². The van der Waals surface area contributed by atoms with Crippen LogP contribution in [-0.2, 0) is 19.6 Å². The summed E-state index contributed by atoms with van der Waals surface area (Å²) in [5.41, 5.74) is 3.76. The van der Waals surface area contributed by atoms with Gasteiger partial charge in [-0.3, -0.25) is 0 Å². The van der Waals surface area contributed by atoms with Crippen LogP contribution in [0, 0.1) is 11.5 Å². The van der Waals surface area contributed by atoms with E-state index >= 15 is 0 Å². The normalized spacial score (nSPS) is 12.5. The maximum Gasteiger partial charge on any atom is 0.223 e. The Morgan fingerprint density at radius 3 is 2.60 bits per heavy atom. The molecule has 1 aromatic carbocycles. The van der Waals surface area contributed by atoms with Gasteiger partial charge in [-0.15, -0.1) is 0 Å². The Balaban J connectivity index is 1.68. The van der Waals surface area contributed by atoms with Crippen LogP contribution in [0.15, 0.2) is 48.8 Å². The molecule has 0 saturated heterocycles. The summed E-state index contributed by atoms with van der Waals surface area (Å²) in [5.74, 6) is 1.19. The number of fused-ring (bicyclic) bond motifs is 1. The van der Waals surface area contributed by atoms with E-state index in [1.165, 1.54) is 0 Å². The molecule has 3 heterocycles. The van der Waals surface area contributed by atoms with Gasteiger partial charge in [0.2, 0.25) is 5.95 Å². The van der Waals surface area contributed by atoms with E-state index < -0.39 is 0 Å². The molecule has 0 amide bonds. The van der Waals surface area contributed by atoms with Crippen LogP contribution in [-0.4, -0.2) is 24.8 Å². The first kappa shape index (κ1) is 15.0. The second-order valence-electron chi connectivity index (χ2n) is 5.66. The van der Waals surface area contributed by atoms with Crippen LogP contribution in [0.4, 0.5) is 5.95 Å². The number of anilines is 1. The van der Waals surface area contributed by atoms with E-state index in [9.17, 15) is 5.26 Å². The van der Waals surface area contributed by atoms with Crippen molar-refractivity contribution in [2.24, 2.45) is 0 Å². The molecule has 122 valence electrons. The Labute approximate surface area is 145 Å². The number of nitrogens with one attached hydrogen (secondary N) is 1. The van der Waals surface area contributed by atoms with Crippen molar-refractivity contribution in [3.8, 4) is 17.5 Å². The van der Waals surface area contributed by atoms with Crippen LogP contribution in [0.5, 0.6) is 0 Å². The number of rotatable bonds is 4. The molecule has 0 fully saturated rings. The smallest absolute Gasteiger partial charge is 0.223 e. The summed E-state index contributed by atoms with van der Waals surface area (Å²) in [6, 6.07) is 11.7. The highest BCUT2D eigenvalue weighted by molar-refractivity contribution is 5.66. The van der Waals surface area contributed by atoms with Gasteiger partial charge in [0.1, 0.15) is 5.82 Å². The first-order valence-corrected chi connectivity index (χ1v) is 7.93. The monoisotopic (exact) mass is 329 g/mol. The lowest BCUT2D eigenvalue weighted by atomic mass is 10.1. The van der Waals surface area contributed by atoms with E-state index in [0.717, 1.165) is 22.5 Å².